The average molecular weight is 720 g/mol. The van der Waals surface area contributed by atoms with Crippen LogP contribution < -0.4 is 15.0 Å². The largest absolute Gasteiger partial charge is 0.508 e. The van der Waals surface area contributed by atoms with Gasteiger partial charge in [0.15, 0.2) is 5.82 Å². The number of alkyl halides is 3. The summed E-state index contributed by atoms with van der Waals surface area (Å²) in [5.74, 6) is 2.87. The van der Waals surface area contributed by atoms with Crippen molar-refractivity contribution in [3.8, 4) is 35.2 Å². The van der Waals surface area contributed by atoms with Crippen LogP contribution in [0.2, 0.25) is 0 Å². The van der Waals surface area contributed by atoms with Crippen molar-refractivity contribution in [3.05, 3.63) is 47.8 Å². The molecule has 5 aliphatic rings. The highest BCUT2D eigenvalue weighted by Crippen LogP contribution is 2.50. The van der Waals surface area contributed by atoms with Crippen LogP contribution in [0.15, 0.2) is 41.3 Å². The molecule has 1 saturated carbocycles. The van der Waals surface area contributed by atoms with Gasteiger partial charge in [-0.15, -0.1) is 6.42 Å². The van der Waals surface area contributed by atoms with Crippen molar-refractivity contribution >= 4 is 39.3 Å². The van der Waals surface area contributed by atoms with Gasteiger partial charge in [-0.25, -0.2) is 4.39 Å². The van der Waals surface area contributed by atoms with Gasteiger partial charge in [-0.3, -0.25) is 0 Å². The molecule has 266 valence electrons. The third-order valence-electron chi connectivity index (χ3n) is 11.3. The first-order valence-corrected chi connectivity index (χ1v) is 18.3. The molecule has 4 unspecified atom stereocenters. The van der Waals surface area contributed by atoms with E-state index >= 15 is 4.39 Å². The number of benzene rings is 3. The summed E-state index contributed by atoms with van der Waals surface area (Å²) in [6.45, 7) is 6.02. The highest BCUT2D eigenvalue weighted by molar-refractivity contribution is 8.00. The van der Waals surface area contributed by atoms with E-state index in [1.807, 2.05) is 4.90 Å². The number of phenols is 1. The van der Waals surface area contributed by atoms with Crippen LogP contribution in [0.4, 0.5) is 23.4 Å². The van der Waals surface area contributed by atoms with Crippen LogP contribution in [-0.2, 0) is 4.74 Å². The Labute approximate surface area is 296 Å². The van der Waals surface area contributed by atoms with Gasteiger partial charge in [-0.2, -0.15) is 23.1 Å². The summed E-state index contributed by atoms with van der Waals surface area (Å²) < 4.78 is 72.1. The molecule has 4 saturated heterocycles. The second kappa shape index (κ2) is 12.4. The van der Waals surface area contributed by atoms with Crippen LogP contribution >= 0.6 is 11.8 Å². The van der Waals surface area contributed by atoms with Crippen molar-refractivity contribution in [2.45, 2.75) is 48.2 Å². The minimum atomic E-state index is -4.74. The molecule has 51 heavy (non-hydrogen) atoms. The predicted molar refractivity (Wildman–Crippen MR) is 188 cm³/mol. The zero-order valence-electron chi connectivity index (χ0n) is 27.8. The SMILES string of the molecule is C#Cc1cccc2cc(O)cc(-c3c(SC(F)(F)F)cc4c(N5CC6CCC(C5)N6)nc(OCC5(CN6CC7COCC7C6)CC5)nc4c3F)c12. The highest BCUT2D eigenvalue weighted by Gasteiger charge is 2.48. The maximum Gasteiger partial charge on any atom is 0.446 e. The molecule has 1 aliphatic carbocycles. The standard InChI is InChI=1S/C38H37F4N5O3S/c1-2-21-4-3-5-22-10-27(48)11-28(31(21)22)32-30(51-38(40,41)42)12-29-34(33(32)39)44-36(45-35(29)47-15-25-6-7-26(16-47)43-25)50-20-37(8-9-37)19-46-13-23-17-49-18-24(23)14-46/h1,3-5,10-12,23-26,43,48H,6-9,13-20H2. The minimum absolute atomic E-state index is 0.00694. The van der Waals surface area contributed by atoms with E-state index in [0.717, 1.165) is 58.5 Å². The number of ether oxygens (including phenoxy) is 2. The molecule has 2 N–H and O–H groups in total. The van der Waals surface area contributed by atoms with Crippen molar-refractivity contribution < 1.29 is 32.1 Å². The molecule has 0 amide bonds. The molecule has 4 atom stereocenters. The van der Waals surface area contributed by atoms with Crippen molar-refractivity contribution in [2.24, 2.45) is 17.3 Å². The lowest BCUT2D eigenvalue weighted by Gasteiger charge is -2.34. The number of phenolic OH excluding ortho intramolecular Hbond substituents is 1. The van der Waals surface area contributed by atoms with Crippen molar-refractivity contribution in [1.29, 1.82) is 0 Å². The third kappa shape index (κ3) is 6.24. The van der Waals surface area contributed by atoms with Crippen LogP contribution in [-0.4, -0.2) is 90.1 Å². The lowest BCUT2D eigenvalue weighted by Crippen LogP contribution is -2.51. The van der Waals surface area contributed by atoms with Gasteiger partial charge in [0.05, 0.1) is 19.8 Å². The number of aromatic hydroxyl groups is 1. The number of aromatic nitrogens is 2. The van der Waals surface area contributed by atoms with Crippen LogP contribution in [0.5, 0.6) is 11.8 Å². The summed E-state index contributed by atoms with van der Waals surface area (Å²) in [5, 5.41) is 15.3. The van der Waals surface area contributed by atoms with Gasteiger partial charge >= 0.3 is 11.5 Å². The molecule has 5 fully saturated rings. The molecule has 5 heterocycles. The number of hydrogen-bond donors (Lipinski definition) is 2. The molecular formula is C38H37F4N5O3S. The van der Waals surface area contributed by atoms with E-state index in [1.165, 1.54) is 18.2 Å². The van der Waals surface area contributed by atoms with E-state index < -0.39 is 23.1 Å². The lowest BCUT2D eigenvalue weighted by atomic mass is 9.93. The number of fused-ring (bicyclic) bond motifs is 5. The van der Waals surface area contributed by atoms with Gasteiger partial charge in [0.25, 0.3) is 0 Å². The molecule has 0 radical (unpaired) electrons. The Morgan fingerprint density at radius 3 is 2.49 bits per heavy atom. The topological polar surface area (TPSA) is 83.0 Å². The van der Waals surface area contributed by atoms with E-state index in [0.29, 0.717) is 53.7 Å². The number of nitrogens with one attached hydrogen (secondary N) is 1. The zero-order chi connectivity index (χ0) is 35.1. The van der Waals surface area contributed by atoms with Crippen molar-refractivity contribution in [1.82, 2.24) is 20.2 Å². The molecule has 9 rings (SSSR count). The first-order chi connectivity index (χ1) is 24.5. The summed E-state index contributed by atoms with van der Waals surface area (Å²) >= 11 is -0.409. The Kier molecular flexibility index (Phi) is 8.03. The van der Waals surface area contributed by atoms with Gasteiger partial charge in [0.2, 0.25) is 0 Å². The number of rotatable bonds is 8. The quantitative estimate of drug-likeness (QED) is 0.120. The lowest BCUT2D eigenvalue weighted by molar-refractivity contribution is -0.0328. The molecule has 4 aromatic rings. The monoisotopic (exact) mass is 719 g/mol. The maximum atomic E-state index is 17.3. The summed E-state index contributed by atoms with van der Waals surface area (Å²) in [6, 6.07) is 9.41. The smallest absolute Gasteiger partial charge is 0.446 e. The number of piperazine rings is 1. The first kappa shape index (κ1) is 33.0. The number of likely N-dealkylation sites (tertiary alicyclic amines) is 1. The average Bonchev–Trinajstić information content (AvgIpc) is 3.33. The van der Waals surface area contributed by atoms with Crippen LogP contribution in [0.1, 0.15) is 31.2 Å². The summed E-state index contributed by atoms with van der Waals surface area (Å²) in [4.78, 5) is 13.5. The summed E-state index contributed by atoms with van der Waals surface area (Å²) in [7, 11) is 0. The number of anilines is 1. The number of thioether (sulfide) groups is 1. The molecule has 4 aliphatic heterocycles. The first-order valence-electron chi connectivity index (χ1n) is 17.5. The Balaban J connectivity index is 1.16. The normalized spacial score (nSPS) is 25.4. The van der Waals surface area contributed by atoms with E-state index in [2.05, 4.69) is 21.1 Å². The van der Waals surface area contributed by atoms with E-state index in [-0.39, 0.29) is 56.2 Å². The van der Waals surface area contributed by atoms with Crippen LogP contribution in [0, 0.1) is 35.4 Å². The van der Waals surface area contributed by atoms with Gasteiger partial charge in [-0.1, -0.05) is 18.1 Å². The van der Waals surface area contributed by atoms with Gasteiger partial charge in [0, 0.05) is 88.9 Å². The van der Waals surface area contributed by atoms with E-state index in [4.69, 9.17) is 20.9 Å². The van der Waals surface area contributed by atoms with Gasteiger partial charge in [0.1, 0.15) is 17.1 Å². The Bertz CT molecular complexity index is 2060. The third-order valence-corrected chi connectivity index (χ3v) is 12.1. The molecule has 13 heteroatoms. The second-order valence-electron chi connectivity index (χ2n) is 15.0. The predicted octanol–water partition coefficient (Wildman–Crippen LogP) is 6.57. The van der Waals surface area contributed by atoms with Gasteiger partial charge in [-0.05, 0) is 72.7 Å². The van der Waals surface area contributed by atoms with Crippen LogP contribution in [0.3, 0.4) is 0 Å². The molecule has 8 nitrogen and oxygen atoms in total. The van der Waals surface area contributed by atoms with E-state index in [9.17, 15) is 18.3 Å². The maximum absolute atomic E-state index is 17.3. The zero-order valence-corrected chi connectivity index (χ0v) is 28.6. The summed E-state index contributed by atoms with van der Waals surface area (Å²) in [6.07, 6.45) is 9.75. The highest BCUT2D eigenvalue weighted by atomic mass is 32.2. The number of halogens is 4. The fourth-order valence-electron chi connectivity index (χ4n) is 8.76. The van der Waals surface area contributed by atoms with E-state index in [1.54, 1.807) is 18.2 Å². The molecular weight excluding hydrogens is 683 g/mol. The molecule has 3 aromatic carbocycles. The molecule has 2 bridgehead atoms. The fourth-order valence-corrected chi connectivity index (χ4v) is 9.49. The Morgan fingerprint density at radius 2 is 1.80 bits per heavy atom. The molecule has 1 aromatic heterocycles. The fraction of sp³-hybridized carbons (Fsp3) is 0.474. The van der Waals surface area contributed by atoms with Crippen molar-refractivity contribution in [3.63, 3.8) is 0 Å². The Hall–Kier alpha value is -3.83. The van der Waals surface area contributed by atoms with Crippen LogP contribution in [0.25, 0.3) is 32.8 Å². The summed E-state index contributed by atoms with van der Waals surface area (Å²) in [5.41, 5.74) is -4.88. The number of terminal acetylenes is 1. The number of hydrogen-bond acceptors (Lipinski definition) is 9. The van der Waals surface area contributed by atoms with Gasteiger partial charge < -0.3 is 29.7 Å². The minimum Gasteiger partial charge on any atom is -0.508 e. The number of nitrogens with zero attached hydrogens (tertiary/aromatic N) is 4. The second-order valence-corrected chi connectivity index (χ2v) is 16.1. The van der Waals surface area contributed by atoms with Crippen molar-refractivity contribution in [2.75, 3.05) is 57.4 Å². The Morgan fingerprint density at radius 1 is 1.06 bits per heavy atom. The molecule has 0 spiro atoms.